The third-order valence-electron chi connectivity index (χ3n) is 3.75. The Kier molecular flexibility index (Phi) is 4.92. The van der Waals surface area contributed by atoms with Crippen molar-refractivity contribution < 1.29 is 4.92 Å². The fourth-order valence-electron chi connectivity index (χ4n) is 2.40. The van der Waals surface area contributed by atoms with Gasteiger partial charge in [0.15, 0.2) is 0 Å². The maximum absolute atomic E-state index is 10.8. The van der Waals surface area contributed by atoms with Gasteiger partial charge in [-0.25, -0.2) is 0 Å². The Hall–Kier alpha value is -1.66. The Morgan fingerprint density at radius 1 is 1.30 bits per heavy atom. The van der Waals surface area contributed by atoms with Crippen LogP contribution >= 0.6 is 0 Å². The van der Waals surface area contributed by atoms with E-state index in [1.807, 2.05) is 6.07 Å². The van der Waals surface area contributed by atoms with Crippen molar-refractivity contribution >= 4 is 11.4 Å². The van der Waals surface area contributed by atoms with Gasteiger partial charge in [-0.2, -0.15) is 0 Å². The van der Waals surface area contributed by atoms with Crippen molar-refractivity contribution in [3.63, 3.8) is 0 Å². The first-order chi connectivity index (χ1) is 9.56. The van der Waals surface area contributed by atoms with E-state index in [1.54, 1.807) is 19.1 Å². The number of hydrogen-bond donors (Lipinski definition) is 1. The van der Waals surface area contributed by atoms with Gasteiger partial charge in [0.25, 0.3) is 5.69 Å². The first-order valence-corrected chi connectivity index (χ1v) is 6.96. The highest BCUT2D eigenvalue weighted by atomic mass is 16.6. The SMILES string of the molecule is Cc1cc(NCCN2CCN(C)CC2)ccc1[N+](=O)[O-]. The highest BCUT2D eigenvalue weighted by molar-refractivity contribution is 5.53. The van der Waals surface area contributed by atoms with Crippen molar-refractivity contribution in [1.82, 2.24) is 9.80 Å². The largest absolute Gasteiger partial charge is 0.384 e. The van der Waals surface area contributed by atoms with Gasteiger partial charge in [0, 0.05) is 56.6 Å². The van der Waals surface area contributed by atoms with Gasteiger partial charge in [-0.1, -0.05) is 0 Å². The van der Waals surface area contributed by atoms with E-state index in [9.17, 15) is 10.1 Å². The minimum Gasteiger partial charge on any atom is -0.384 e. The lowest BCUT2D eigenvalue weighted by Gasteiger charge is -2.32. The van der Waals surface area contributed by atoms with Crippen LogP contribution in [-0.4, -0.2) is 61.0 Å². The van der Waals surface area contributed by atoms with Crippen molar-refractivity contribution in [2.75, 3.05) is 51.6 Å². The average molecular weight is 278 g/mol. The van der Waals surface area contributed by atoms with Gasteiger partial charge in [-0.05, 0) is 26.1 Å². The molecule has 0 saturated carbocycles. The number of hydrogen-bond acceptors (Lipinski definition) is 5. The zero-order chi connectivity index (χ0) is 14.5. The molecule has 1 saturated heterocycles. The summed E-state index contributed by atoms with van der Waals surface area (Å²) >= 11 is 0. The Balaban J connectivity index is 1.79. The van der Waals surface area contributed by atoms with E-state index in [1.165, 1.54) is 0 Å². The first-order valence-electron chi connectivity index (χ1n) is 6.96. The molecule has 0 aliphatic carbocycles. The lowest BCUT2D eigenvalue weighted by Crippen LogP contribution is -2.45. The van der Waals surface area contributed by atoms with Gasteiger partial charge in [-0.15, -0.1) is 0 Å². The van der Waals surface area contributed by atoms with Crippen LogP contribution in [0.5, 0.6) is 0 Å². The van der Waals surface area contributed by atoms with Gasteiger partial charge in [-0.3, -0.25) is 15.0 Å². The fraction of sp³-hybridized carbons (Fsp3) is 0.571. The molecule has 1 aromatic rings. The van der Waals surface area contributed by atoms with E-state index in [2.05, 4.69) is 22.2 Å². The highest BCUT2D eigenvalue weighted by Gasteiger charge is 2.13. The van der Waals surface area contributed by atoms with E-state index < -0.39 is 0 Å². The van der Waals surface area contributed by atoms with E-state index in [4.69, 9.17) is 0 Å². The summed E-state index contributed by atoms with van der Waals surface area (Å²) in [5.41, 5.74) is 1.82. The summed E-state index contributed by atoms with van der Waals surface area (Å²) in [5.74, 6) is 0. The normalized spacial score (nSPS) is 17.1. The summed E-state index contributed by atoms with van der Waals surface area (Å²) in [6.45, 7) is 8.09. The average Bonchev–Trinajstić information content (AvgIpc) is 2.41. The summed E-state index contributed by atoms with van der Waals surface area (Å²) in [4.78, 5) is 15.2. The van der Waals surface area contributed by atoms with Crippen LogP contribution in [0.2, 0.25) is 0 Å². The Labute approximate surface area is 119 Å². The van der Waals surface area contributed by atoms with Crippen LogP contribution in [0.4, 0.5) is 11.4 Å². The number of nitrogens with one attached hydrogen (secondary N) is 1. The fourth-order valence-corrected chi connectivity index (χ4v) is 2.40. The topological polar surface area (TPSA) is 61.6 Å². The van der Waals surface area contributed by atoms with Crippen molar-refractivity contribution in [2.45, 2.75) is 6.92 Å². The second-order valence-corrected chi connectivity index (χ2v) is 5.33. The molecule has 0 bridgehead atoms. The van der Waals surface area contributed by atoms with Gasteiger partial charge in [0.1, 0.15) is 0 Å². The molecule has 0 unspecified atom stereocenters. The standard InChI is InChI=1S/C14H22N4O2/c1-12-11-13(3-4-14(12)18(19)20)15-5-6-17-9-7-16(2)8-10-17/h3-4,11,15H,5-10H2,1-2H3. The van der Waals surface area contributed by atoms with E-state index in [0.29, 0.717) is 5.56 Å². The van der Waals surface area contributed by atoms with Crippen LogP contribution < -0.4 is 5.32 Å². The third kappa shape index (κ3) is 3.91. The lowest BCUT2D eigenvalue weighted by atomic mass is 10.2. The number of anilines is 1. The highest BCUT2D eigenvalue weighted by Crippen LogP contribution is 2.21. The zero-order valence-electron chi connectivity index (χ0n) is 12.1. The second kappa shape index (κ2) is 6.67. The van der Waals surface area contributed by atoms with Crippen LogP contribution in [-0.2, 0) is 0 Å². The van der Waals surface area contributed by atoms with E-state index in [-0.39, 0.29) is 10.6 Å². The van der Waals surface area contributed by atoms with Crippen molar-refractivity contribution in [1.29, 1.82) is 0 Å². The predicted octanol–water partition coefficient (Wildman–Crippen LogP) is 1.56. The summed E-state index contributed by atoms with van der Waals surface area (Å²) in [6.07, 6.45) is 0. The van der Waals surface area contributed by atoms with Crippen LogP contribution in [0.1, 0.15) is 5.56 Å². The molecular formula is C14H22N4O2. The third-order valence-corrected chi connectivity index (χ3v) is 3.75. The summed E-state index contributed by atoms with van der Waals surface area (Å²) in [5, 5.41) is 14.1. The molecule has 1 fully saturated rings. The molecule has 6 nitrogen and oxygen atoms in total. The number of nitro benzene ring substituents is 1. The zero-order valence-corrected chi connectivity index (χ0v) is 12.1. The molecule has 1 aliphatic rings. The number of benzene rings is 1. The Morgan fingerprint density at radius 3 is 2.60 bits per heavy atom. The molecule has 0 amide bonds. The quantitative estimate of drug-likeness (QED) is 0.654. The summed E-state index contributed by atoms with van der Waals surface area (Å²) in [6, 6.07) is 5.17. The van der Waals surface area contributed by atoms with Crippen LogP contribution in [0.25, 0.3) is 0 Å². The monoisotopic (exact) mass is 278 g/mol. The molecule has 6 heteroatoms. The molecule has 0 spiro atoms. The number of nitrogens with zero attached hydrogens (tertiary/aromatic N) is 3. The van der Waals surface area contributed by atoms with Gasteiger partial charge < -0.3 is 10.2 Å². The number of rotatable bonds is 5. The second-order valence-electron chi connectivity index (χ2n) is 5.33. The van der Waals surface area contributed by atoms with Crippen LogP contribution in [0, 0.1) is 17.0 Å². The predicted molar refractivity (Wildman–Crippen MR) is 80.3 cm³/mol. The number of piperazine rings is 1. The van der Waals surface area contributed by atoms with Gasteiger partial charge in [0.05, 0.1) is 4.92 Å². The molecule has 110 valence electrons. The molecule has 0 atom stereocenters. The molecule has 2 rings (SSSR count). The number of likely N-dealkylation sites (N-methyl/N-ethyl adjacent to an activating group) is 1. The minimum absolute atomic E-state index is 0.176. The van der Waals surface area contributed by atoms with Crippen molar-refractivity contribution in [3.05, 3.63) is 33.9 Å². The molecule has 1 aromatic carbocycles. The molecule has 20 heavy (non-hydrogen) atoms. The Bertz CT molecular complexity index is 470. The smallest absolute Gasteiger partial charge is 0.272 e. The molecule has 0 aromatic heterocycles. The van der Waals surface area contributed by atoms with Gasteiger partial charge in [0.2, 0.25) is 0 Å². The first kappa shape index (κ1) is 14.7. The number of aryl methyl sites for hydroxylation is 1. The van der Waals surface area contributed by atoms with Crippen molar-refractivity contribution in [2.24, 2.45) is 0 Å². The van der Waals surface area contributed by atoms with E-state index in [0.717, 1.165) is 45.0 Å². The van der Waals surface area contributed by atoms with Crippen molar-refractivity contribution in [3.8, 4) is 0 Å². The summed E-state index contributed by atoms with van der Waals surface area (Å²) < 4.78 is 0. The molecular weight excluding hydrogens is 256 g/mol. The molecule has 1 heterocycles. The Morgan fingerprint density at radius 2 is 2.00 bits per heavy atom. The number of nitro groups is 1. The minimum atomic E-state index is -0.344. The van der Waals surface area contributed by atoms with Gasteiger partial charge >= 0.3 is 0 Å². The van der Waals surface area contributed by atoms with Crippen LogP contribution in [0.15, 0.2) is 18.2 Å². The molecule has 0 radical (unpaired) electrons. The van der Waals surface area contributed by atoms with Crippen LogP contribution in [0.3, 0.4) is 0 Å². The summed E-state index contributed by atoms with van der Waals surface area (Å²) in [7, 11) is 2.15. The molecule has 1 aliphatic heterocycles. The molecule has 1 N–H and O–H groups in total. The maximum Gasteiger partial charge on any atom is 0.272 e. The van der Waals surface area contributed by atoms with E-state index >= 15 is 0 Å². The lowest BCUT2D eigenvalue weighted by molar-refractivity contribution is -0.385. The maximum atomic E-state index is 10.8.